The highest BCUT2D eigenvalue weighted by Gasteiger charge is 2.44. The number of anilines is 1. The minimum atomic E-state index is -1.64. The molecule has 208 valence electrons. The Morgan fingerprint density at radius 2 is 1.89 bits per heavy atom. The van der Waals surface area contributed by atoms with Gasteiger partial charge in [-0.05, 0) is 40.5 Å². The molecule has 2 rings (SSSR count). The molecule has 0 saturated carbocycles. The molecule has 1 saturated heterocycles. The monoisotopic (exact) mass is 530 g/mol. The molecule has 0 aliphatic carbocycles. The lowest BCUT2D eigenvalue weighted by atomic mass is 10.1. The van der Waals surface area contributed by atoms with Gasteiger partial charge in [-0.25, -0.2) is 14.0 Å². The number of aromatic nitrogens is 2. The molecule has 0 bridgehead atoms. The molecule has 1 aliphatic rings. The van der Waals surface area contributed by atoms with Crippen LogP contribution in [-0.4, -0.2) is 79.2 Å². The highest BCUT2D eigenvalue weighted by Crippen LogP contribution is 2.28. The maximum Gasteiger partial charge on any atom is 0.408 e. The van der Waals surface area contributed by atoms with Crippen molar-refractivity contribution in [3.63, 3.8) is 0 Å². The molecular formula is C23H35FN4O9. The van der Waals surface area contributed by atoms with Gasteiger partial charge in [0.05, 0.1) is 12.8 Å². The third kappa shape index (κ3) is 8.84. The Bertz CT molecular complexity index is 1030. The van der Waals surface area contributed by atoms with Gasteiger partial charge in [0.25, 0.3) is 0 Å². The van der Waals surface area contributed by atoms with Crippen LogP contribution in [-0.2, 0) is 19.1 Å². The topological polar surface area (TPSA) is 189 Å². The van der Waals surface area contributed by atoms with E-state index < -0.39 is 72.1 Å². The van der Waals surface area contributed by atoms with Crippen molar-refractivity contribution >= 4 is 23.6 Å². The molecule has 1 aromatic heterocycles. The predicted molar refractivity (Wildman–Crippen MR) is 127 cm³/mol. The number of Topliss-reactive ketones (excluding diaryl/α,β-unsaturated/α-hetero) is 1. The van der Waals surface area contributed by atoms with E-state index in [9.17, 15) is 38.9 Å². The predicted octanol–water partition coefficient (Wildman–Crippen LogP) is 0.365. The number of halogens is 1. The number of hydrogen-bond donors (Lipinski definition) is 5. The Hall–Kier alpha value is -2.94. The summed E-state index contributed by atoms with van der Waals surface area (Å²) in [5.41, 5.74) is -1.94. The van der Waals surface area contributed by atoms with Gasteiger partial charge in [0.15, 0.2) is 17.9 Å². The number of ketones is 1. The van der Waals surface area contributed by atoms with E-state index in [-0.39, 0.29) is 12.2 Å². The van der Waals surface area contributed by atoms with Crippen LogP contribution in [0.5, 0.6) is 0 Å². The third-order valence-corrected chi connectivity index (χ3v) is 5.47. The fourth-order valence-corrected chi connectivity index (χ4v) is 3.65. The number of unbranched alkanes of at least 4 members (excludes halogenated alkanes) is 2. The molecule has 1 aromatic rings. The summed E-state index contributed by atoms with van der Waals surface area (Å²) in [6.45, 7) is 5.76. The lowest BCUT2D eigenvalue weighted by Gasteiger charge is -2.23. The number of aliphatic hydroxyl groups is 3. The maximum absolute atomic E-state index is 14.8. The van der Waals surface area contributed by atoms with E-state index >= 15 is 0 Å². The number of ether oxygens (including phenoxy) is 2. The summed E-state index contributed by atoms with van der Waals surface area (Å²) in [5.74, 6) is -2.68. The molecule has 37 heavy (non-hydrogen) atoms. The van der Waals surface area contributed by atoms with Gasteiger partial charge in [-0.3, -0.25) is 9.36 Å². The van der Waals surface area contributed by atoms with E-state index in [0.717, 1.165) is 0 Å². The van der Waals surface area contributed by atoms with E-state index in [4.69, 9.17) is 9.47 Å². The van der Waals surface area contributed by atoms with Crippen LogP contribution < -0.4 is 16.3 Å². The lowest BCUT2D eigenvalue weighted by Crippen LogP contribution is -2.46. The number of alkyl carbamates (subject to hydrolysis) is 1. The number of hydrogen-bond acceptors (Lipinski definition) is 10. The first kappa shape index (κ1) is 30.3. The van der Waals surface area contributed by atoms with Crippen LogP contribution in [0.25, 0.3) is 0 Å². The van der Waals surface area contributed by atoms with Crippen molar-refractivity contribution in [3.05, 3.63) is 22.5 Å². The zero-order valence-electron chi connectivity index (χ0n) is 21.3. The first-order valence-electron chi connectivity index (χ1n) is 11.9. The second-order valence-corrected chi connectivity index (χ2v) is 9.85. The minimum Gasteiger partial charge on any atom is -0.444 e. The number of aliphatic hydroxyl groups excluding tert-OH is 3. The van der Waals surface area contributed by atoms with E-state index in [1.54, 1.807) is 20.8 Å². The molecule has 1 unspecified atom stereocenters. The normalized spacial score (nSPS) is 22.4. The van der Waals surface area contributed by atoms with E-state index in [0.29, 0.717) is 36.4 Å². The van der Waals surface area contributed by atoms with Crippen LogP contribution >= 0.6 is 0 Å². The highest BCUT2D eigenvalue weighted by atomic mass is 19.1. The molecule has 5 atom stereocenters. The molecule has 0 spiro atoms. The Labute approximate surface area is 213 Å². The van der Waals surface area contributed by atoms with Crippen molar-refractivity contribution < 1.29 is 43.6 Å². The third-order valence-electron chi connectivity index (χ3n) is 5.47. The average Bonchev–Trinajstić information content (AvgIpc) is 3.07. The van der Waals surface area contributed by atoms with Crippen LogP contribution in [0.3, 0.4) is 0 Å². The van der Waals surface area contributed by atoms with Crippen LogP contribution in [0.4, 0.5) is 15.0 Å². The van der Waals surface area contributed by atoms with E-state index in [2.05, 4.69) is 15.6 Å². The fraction of sp³-hybridized carbons (Fsp3) is 0.696. The first-order chi connectivity index (χ1) is 17.2. The molecule has 2 amide bonds. The standard InChI is InChI=1S/C23H35FN4O9/c1-12(30)8-6-5-7-9-14(25-22(35)37-23(2,3)4)19(33)26-18-13(24)10-28(21(34)27-18)20-17(32)16(31)15(11-29)36-20/h10,14-17,20,29,31-32H,5-9,11H2,1-4H3,(H,25,35)(H,26,27,33,34)/t14-,15-,16?,17+,20-/m1/s1. The van der Waals surface area contributed by atoms with Gasteiger partial charge >= 0.3 is 11.8 Å². The molecule has 5 N–H and O–H groups in total. The number of rotatable bonds is 11. The smallest absolute Gasteiger partial charge is 0.408 e. The molecule has 1 fully saturated rings. The van der Waals surface area contributed by atoms with Crippen molar-refractivity contribution in [2.75, 3.05) is 11.9 Å². The molecule has 1 aliphatic heterocycles. The summed E-state index contributed by atoms with van der Waals surface area (Å²) in [4.78, 5) is 52.2. The van der Waals surface area contributed by atoms with Crippen LogP contribution in [0.2, 0.25) is 0 Å². The van der Waals surface area contributed by atoms with E-state index in [1.807, 2.05) is 0 Å². The Morgan fingerprint density at radius 1 is 1.22 bits per heavy atom. The van der Waals surface area contributed by atoms with Crippen molar-refractivity contribution in [2.45, 2.75) is 96.0 Å². The lowest BCUT2D eigenvalue weighted by molar-refractivity contribution is -0.119. The Morgan fingerprint density at radius 3 is 2.46 bits per heavy atom. The highest BCUT2D eigenvalue weighted by molar-refractivity contribution is 5.95. The van der Waals surface area contributed by atoms with Gasteiger partial charge in [0.1, 0.15) is 35.7 Å². The number of nitrogens with zero attached hydrogens (tertiary/aromatic N) is 2. The minimum absolute atomic E-state index is 0.0365. The molecule has 13 nitrogen and oxygen atoms in total. The molecular weight excluding hydrogens is 495 g/mol. The zero-order chi connectivity index (χ0) is 27.9. The van der Waals surface area contributed by atoms with Crippen LogP contribution in [0.1, 0.15) is 66.0 Å². The van der Waals surface area contributed by atoms with Crippen molar-refractivity contribution in [2.24, 2.45) is 0 Å². The second-order valence-electron chi connectivity index (χ2n) is 9.85. The quantitative estimate of drug-likeness (QED) is 0.250. The molecule has 2 heterocycles. The maximum atomic E-state index is 14.8. The van der Waals surface area contributed by atoms with Crippen molar-refractivity contribution in [3.8, 4) is 0 Å². The number of amides is 2. The zero-order valence-corrected chi connectivity index (χ0v) is 21.3. The van der Waals surface area contributed by atoms with Gasteiger partial charge in [0, 0.05) is 6.42 Å². The van der Waals surface area contributed by atoms with Crippen molar-refractivity contribution in [1.82, 2.24) is 14.9 Å². The van der Waals surface area contributed by atoms with E-state index in [1.165, 1.54) is 6.92 Å². The summed E-state index contributed by atoms with van der Waals surface area (Å²) >= 11 is 0. The SMILES string of the molecule is CC(=O)CCCCC[C@@H](NC(=O)OC(C)(C)C)C(=O)Nc1nc(=O)n([C@@H]2O[C@H](CO)C(O)[C@@H]2O)cc1F. The average molecular weight is 531 g/mol. The molecule has 0 aromatic carbocycles. The van der Waals surface area contributed by atoms with Gasteiger partial charge < -0.3 is 40.2 Å². The van der Waals surface area contributed by atoms with Gasteiger partial charge in [-0.1, -0.05) is 12.8 Å². The van der Waals surface area contributed by atoms with Gasteiger partial charge in [0.2, 0.25) is 5.91 Å². The Balaban J connectivity index is 2.16. The Kier molecular flexibility index (Phi) is 10.7. The van der Waals surface area contributed by atoms with Crippen LogP contribution in [0.15, 0.2) is 11.0 Å². The first-order valence-corrected chi connectivity index (χ1v) is 11.9. The fourth-order valence-electron chi connectivity index (χ4n) is 3.65. The number of carbonyl (C=O) groups excluding carboxylic acids is 3. The van der Waals surface area contributed by atoms with Crippen LogP contribution in [0, 0.1) is 5.82 Å². The second kappa shape index (κ2) is 13.0. The largest absolute Gasteiger partial charge is 0.444 e. The summed E-state index contributed by atoms with van der Waals surface area (Å²) in [6, 6.07) is -1.16. The summed E-state index contributed by atoms with van der Waals surface area (Å²) in [7, 11) is 0. The van der Waals surface area contributed by atoms with Crippen molar-refractivity contribution in [1.29, 1.82) is 0 Å². The summed E-state index contributed by atoms with van der Waals surface area (Å²) < 4.78 is 25.8. The molecule has 0 radical (unpaired) electrons. The van der Waals surface area contributed by atoms with Gasteiger partial charge in [-0.2, -0.15) is 4.98 Å². The summed E-state index contributed by atoms with van der Waals surface area (Å²) in [6.07, 6.45) is -3.88. The summed E-state index contributed by atoms with van der Waals surface area (Å²) in [5, 5.41) is 33.8. The number of carbonyl (C=O) groups is 3. The molecule has 14 heteroatoms. The number of nitrogens with one attached hydrogen (secondary N) is 2. The van der Waals surface area contributed by atoms with Gasteiger partial charge in [-0.15, -0.1) is 0 Å².